The molecule has 0 fully saturated rings. The lowest BCUT2D eigenvalue weighted by Gasteiger charge is -1.94. The van der Waals surface area contributed by atoms with Gasteiger partial charge in [0.15, 0.2) is 0 Å². The zero-order chi connectivity index (χ0) is 9.26. The summed E-state index contributed by atoms with van der Waals surface area (Å²) in [6.07, 6.45) is 3.82. The second-order valence-corrected chi connectivity index (χ2v) is 2.60. The third kappa shape index (κ3) is 1.14. The Bertz CT molecular complexity index is 497. The van der Waals surface area contributed by atoms with Gasteiger partial charge in [0.05, 0.1) is 23.8 Å². The quantitative estimate of drug-likeness (QED) is 0.652. The van der Waals surface area contributed by atoms with Crippen molar-refractivity contribution in [2.75, 3.05) is 0 Å². The molecule has 2 rings (SSSR count). The van der Waals surface area contributed by atoms with E-state index in [0.29, 0.717) is 17.3 Å². The number of hydrogen-bond donors (Lipinski definition) is 1. The summed E-state index contributed by atoms with van der Waals surface area (Å²) in [6.45, 7) is 0.0723. The number of aromatic nitrogens is 3. The minimum absolute atomic E-state index is 0.0723. The number of pyridine rings is 1. The number of fused-ring (bicyclic) bond motifs is 1. The number of nitrogens with one attached hydrogen (secondary N) is 1. The molecule has 13 heavy (non-hydrogen) atoms. The van der Waals surface area contributed by atoms with Crippen LogP contribution in [0.5, 0.6) is 0 Å². The molecule has 0 atom stereocenters. The van der Waals surface area contributed by atoms with Gasteiger partial charge in [0.2, 0.25) is 0 Å². The smallest absolute Gasteiger partial charge is 0.304 e. The summed E-state index contributed by atoms with van der Waals surface area (Å²) in [5.41, 5.74) is 1.07. The summed E-state index contributed by atoms with van der Waals surface area (Å²) in [5, 5.41) is 0. The number of aromatic amines is 1. The lowest BCUT2D eigenvalue weighted by atomic mass is 10.4. The number of carbonyl (C=O) groups excluding carboxylic acids is 1. The molecular formula is C8H7N3O2. The van der Waals surface area contributed by atoms with Gasteiger partial charge < -0.3 is 9.78 Å². The van der Waals surface area contributed by atoms with Crippen molar-refractivity contribution in [1.29, 1.82) is 0 Å². The van der Waals surface area contributed by atoms with Gasteiger partial charge in [-0.05, 0) is 6.07 Å². The summed E-state index contributed by atoms with van der Waals surface area (Å²) in [4.78, 5) is 28.0. The third-order valence-corrected chi connectivity index (χ3v) is 1.83. The zero-order valence-electron chi connectivity index (χ0n) is 6.73. The maximum absolute atomic E-state index is 11.2. The fourth-order valence-electron chi connectivity index (χ4n) is 1.27. The van der Waals surface area contributed by atoms with Crippen molar-refractivity contribution in [3.63, 3.8) is 0 Å². The molecule has 2 heterocycles. The van der Waals surface area contributed by atoms with Gasteiger partial charge in [-0.3, -0.25) is 9.55 Å². The second-order valence-electron chi connectivity index (χ2n) is 2.60. The van der Waals surface area contributed by atoms with Crippen molar-refractivity contribution >= 4 is 17.3 Å². The molecule has 0 unspecified atom stereocenters. The Labute approximate surface area is 73.0 Å². The van der Waals surface area contributed by atoms with Crippen molar-refractivity contribution in [1.82, 2.24) is 14.5 Å². The van der Waals surface area contributed by atoms with Crippen molar-refractivity contribution in [3.05, 3.63) is 28.9 Å². The monoisotopic (exact) mass is 177 g/mol. The molecule has 0 aliphatic carbocycles. The number of imidazole rings is 1. The van der Waals surface area contributed by atoms with Gasteiger partial charge >= 0.3 is 5.69 Å². The molecular weight excluding hydrogens is 170 g/mol. The number of nitrogens with zero attached hydrogens (tertiary/aromatic N) is 2. The lowest BCUT2D eigenvalue weighted by molar-refractivity contribution is -0.108. The first-order valence-corrected chi connectivity index (χ1v) is 3.79. The molecule has 0 radical (unpaired) electrons. The summed E-state index contributed by atoms with van der Waals surface area (Å²) in [7, 11) is 0. The van der Waals surface area contributed by atoms with Crippen LogP contribution in [0.25, 0.3) is 11.0 Å². The number of carbonyl (C=O) groups is 1. The average molecular weight is 177 g/mol. The van der Waals surface area contributed by atoms with Crippen molar-refractivity contribution in [3.8, 4) is 0 Å². The van der Waals surface area contributed by atoms with Gasteiger partial charge in [-0.2, -0.15) is 0 Å². The first kappa shape index (κ1) is 7.72. The Balaban J connectivity index is 2.78. The Kier molecular flexibility index (Phi) is 1.70. The first-order chi connectivity index (χ1) is 6.33. The fraction of sp³-hybridized carbons (Fsp3) is 0.125. The van der Waals surface area contributed by atoms with Crippen LogP contribution >= 0.6 is 0 Å². The van der Waals surface area contributed by atoms with Crippen LogP contribution in [-0.2, 0) is 11.3 Å². The van der Waals surface area contributed by atoms with Gasteiger partial charge in [-0.15, -0.1) is 0 Å². The molecule has 2 aromatic rings. The molecule has 0 aliphatic rings. The standard InChI is InChI=1S/C8H7N3O2/c12-4-3-11-7-1-2-9-5-6(7)10-8(11)13/h1-2,4-5H,3H2,(H,10,13). The number of aldehydes is 1. The molecule has 0 aliphatic heterocycles. The minimum atomic E-state index is -0.282. The van der Waals surface area contributed by atoms with Crippen LogP contribution in [-0.4, -0.2) is 20.8 Å². The summed E-state index contributed by atoms with van der Waals surface area (Å²) in [5.74, 6) is 0. The highest BCUT2D eigenvalue weighted by atomic mass is 16.1. The van der Waals surface area contributed by atoms with Crippen LogP contribution in [0, 0.1) is 0 Å². The summed E-state index contributed by atoms with van der Waals surface area (Å²) < 4.78 is 1.37. The fourth-order valence-corrected chi connectivity index (χ4v) is 1.27. The van der Waals surface area contributed by atoms with E-state index >= 15 is 0 Å². The molecule has 0 amide bonds. The van der Waals surface area contributed by atoms with Crippen LogP contribution in [0.4, 0.5) is 0 Å². The molecule has 66 valence electrons. The molecule has 2 aromatic heterocycles. The molecule has 5 nitrogen and oxygen atoms in total. The maximum Gasteiger partial charge on any atom is 0.326 e. The predicted molar refractivity (Wildman–Crippen MR) is 46.4 cm³/mol. The van der Waals surface area contributed by atoms with Crippen LogP contribution in [0.3, 0.4) is 0 Å². The molecule has 0 spiro atoms. The summed E-state index contributed by atoms with van der Waals surface area (Å²) >= 11 is 0. The largest absolute Gasteiger partial charge is 0.326 e. The average Bonchev–Trinajstić information content (AvgIpc) is 2.44. The van der Waals surface area contributed by atoms with Gasteiger partial charge in [0.25, 0.3) is 0 Å². The highest BCUT2D eigenvalue weighted by Gasteiger charge is 2.04. The molecule has 0 saturated heterocycles. The van der Waals surface area contributed by atoms with E-state index in [0.717, 1.165) is 0 Å². The van der Waals surface area contributed by atoms with Crippen molar-refractivity contribution in [2.24, 2.45) is 0 Å². The van der Waals surface area contributed by atoms with Crippen molar-refractivity contribution in [2.45, 2.75) is 6.54 Å². The van der Waals surface area contributed by atoms with E-state index in [1.807, 2.05) is 0 Å². The second kappa shape index (κ2) is 2.85. The maximum atomic E-state index is 11.2. The highest BCUT2D eigenvalue weighted by Crippen LogP contribution is 2.05. The van der Waals surface area contributed by atoms with Gasteiger partial charge in [-0.25, -0.2) is 4.79 Å². The SMILES string of the molecule is O=CCn1c(=O)[nH]c2cnccc21. The number of H-pyrrole nitrogens is 1. The van der Waals surface area contributed by atoms with E-state index in [4.69, 9.17) is 0 Å². The Morgan fingerprint density at radius 3 is 3.23 bits per heavy atom. The van der Waals surface area contributed by atoms with E-state index in [2.05, 4.69) is 9.97 Å². The third-order valence-electron chi connectivity index (χ3n) is 1.83. The highest BCUT2D eigenvalue weighted by molar-refractivity contribution is 5.74. The predicted octanol–water partition coefficient (Wildman–Crippen LogP) is -0.0765. The Morgan fingerprint density at radius 2 is 2.46 bits per heavy atom. The molecule has 0 bridgehead atoms. The van der Waals surface area contributed by atoms with E-state index in [1.54, 1.807) is 18.5 Å². The van der Waals surface area contributed by atoms with Gasteiger partial charge in [0, 0.05) is 6.20 Å². The zero-order valence-corrected chi connectivity index (χ0v) is 6.73. The van der Waals surface area contributed by atoms with Gasteiger partial charge in [0.1, 0.15) is 6.29 Å². The van der Waals surface area contributed by atoms with E-state index in [1.165, 1.54) is 4.57 Å². The molecule has 0 aromatic carbocycles. The van der Waals surface area contributed by atoms with E-state index in [9.17, 15) is 9.59 Å². The lowest BCUT2D eigenvalue weighted by Crippen LogP contribution is -2.17. The number of rotatable bonds is 2. The van der Waals surface area contributed by atoms with Crippen LogP contribution in [0.15, 0.2) is 23.3 Å². The topological polar surface area (TPSA) is 67.8 Å². The molecule has 5 heteroatoms. The molecule has 1 N–H and O–H groups in total. The molecule has 0 saturated carbocycles. The van der Waals surface area contributed by atoms with E-state index < -0.39 is 0 Å². The minimum Gasteiger partial charge on any atom is -0.304 e. The summed E-state index contributed by atoms with van der Waals surface area (Å²) in [6, 6.07) is 1.69. The van der Waals surface area contributed by atoms with Crippen LogP contribution < -0.4 is 5.69 Å². The first-order valence-electron chi connectivity index (χ1n) is 3.79. The number of hydrogen-bond acceptors (Lipinski definition) is 3. The normalized spacial score (nSPS) is 10.5. The Morgan fingerprint density at radius 1 is 1.62 bits per heavy atom. The van der Waals surface area contributed by atoms with Crippen LogP contribution in [0.1, 0.15) is 0 Å². The van der Waals surface area contributed by atoms with Crippen LogP contribution in [0.2, 0.25) is 0 Å². The Hall–Kier alpha value is -1.91. The van der Waals surface area contributed by atoms with E-state index in [-0.39, 0.29) is 12.2 Å². The van der Waals surface area contributed by atoms with Crippen molar-refractivity contribution < 1.29 is 4.79 Å². The van der Waals surface area contributed by atoms with Gasteiger partial charge in [-0.1, -0.05) is 0 Å².